The van der Waals surface area contributed by atoms with Crippen molar-refractivity contribution in [3.05, 3.63) is 83.7 Å². The van der Waals surface area contributed by atoms with Gasteiger partial charge in [0.1, 0.15) is 11.6 Å². The second-order valence-corrected chi connectivity index (χ2v) is 5.96. The number of carbonyl (C=O) groups excluding carboxylic acids is 2. The number of aromatic nitrogens is 1. The lowest BCUT2D eigenvalue weighted by atomic mass is 10.2. The van der Waals surface area contributed by atoms with Crippen LogP contribution in [0.2, 0.25) is 0 Å². The minimum Gasteiger partial charge on any atom is -0.462 e. The van der Waals surface area contributed by atoms with E-state index in [9.17, 15) is 18.4 Å². The average molecular weight is 397 g/mol. The van der Waals surface area contributed by atoms with Crippen molar-refractivity contribution in [2.24, 2.45) is 0 Å². The summed E-state index contributed by atoms with van der Waals surface area (Å²) in [5, 5.41) is 5.44. The molecule has 0 aliphatic heterocycles. The standard InChI is InChI=1S/C21H17F2N3O3/c1-2-29-21(28)13-3-6-16(7-4-13)26-20(27)14-9-17(12-24-11-14)25-19-8-5-15(22)10-18(19)23/h3-12,25H,2H2,1H3,(H,26,27). The van der Waals surface area contributed by atoms with Gasteiger partial charge in [-0.15, -0.1) is 0 Å². The molecule has 1 aromatic heterocycles. The van der Waals surface area contributed by atoms with Crippen molar-refractivity contribution in [3.63, 3.8) is 0 Å². The Morgan fingerprint density at radius 3 is 2.41 bits per heavy atom. The zero-order chi connectivity index (χ0) is 20.8. The fourth-order valence-corrected chi connectivity index (χ4v) is 2.49. The van der Waals surface area contributed by atoms with E-state index >= 15 is 0 Å². The third-order valence-electron chi connectivity index (χ3n) is 3.86. The number of amides is 1. The molecule has 0 fully saturated rings. The van der Waals surface area contributed by atoms with Crippen LogP contribution in [-0.2, 0) is 4.74 Å². The lowest BCUT2D eigenvalue weighted by molar-refractivity contribution is 0.0526. The minimum atomic E-state index is -0.762. The van der Waals surface area contributed by atoms with E-state index in [1.54, 1.807) is 31.2 Å². The summed E-state index contributed by atoms with van der Waals surface area (Å²) < 4.78 is 31.7. The molecule has 1 heterocycles. The molecule has 8 heteroatoms. The zero-order valence-corrected chi connectivity index (χ0v) is 15.4. The van der Waals surface area contributed by atoms with E-state index < -0.39 is 23.5 Å². The molecular weight excluding hydrogens is 380 g/mol. The molecule has 148 valence electrons. The number of benzene rings is 2. The Bertz CT molecular complexity index is 1040. The number of hydrogen-bond acceptors (Lipinski definition) is 5. The van der Waals surface area contributed by atoms with Crippen molar-refractivity contribution >= 4 is 28.9 Å². The number of halogens is 2. The number of nitrogens with one attached hydrogen (secondary N) is 2. The summed E-state index contributed by atoms with van der Waals surface area (Å²) in [5.41, 5.74) is 1.50. The Morgan fingerprint density at radius 2 is 1.72 bits per heavy atom. The number of hydrogen-bond donors (Lipinski definition) is 2. The van der Waals surface area contributed by atoms with Crippen LogP contribution in [0.1, 0.15) is 27.6 Å². The van der Waals surface area contributed by atoms with Gasteiger partial charge in [0, 0.05) is 18.0 Å². The molecule has 0 saturated carbocycles. The Kier molecular flexibility index (Phi) is 6.13. The molecule has 1 amide bonds. The molecule has 2 aromatic carbocycles. The summed E-state index contributed by atoms with van der Waals surface area (Å²) >= 11 is 0. The highest BCUT2D eigenvalue weighted by molar-refractivity contribution is 6.04. The topological polar surface area (TPSA) is 80.3 Å². The van der Waals surface area contributed by atoms with Crippen LogP contribution in [0.4, 0.5) is 25.8 Å². The summed E-state index contributed by atoms with van der Waals surface area (Å²) in [6, 6.07) is 10.9. The van der Waals surface area contributed by atoms with E-state index in [2.05, 4.69) is 15.6 Å². The van der Waals surface area contributed by atoms with Crippen molar-refractivity contribution in [2.45, 2.75) is 6.92 Å². The van der Waals surface area contributed by atoms with Gasteiger partial charge in [-0.05, 0) is 49.4 Å². The summed E-state index contributed by atoms with van der Waals surface area (Å²) in [7, 11) is 0. The van der Waals surface area contributed by atoms with Gasteiger partial charge in [0.15, 0.2) is 0 Å². The van der Waals surface area contributed by atoms with Gasteiger partial charge in [-0.1, -0.05) is 0 Å². The van der Waals surface area contributed by atoms with Crippen LogP contribution in [-0.4, -0.2) is 23.5 Å². The van der Waals surface area contributed by atoms with Gasteiger partial charge in [0.2, 0.25) is 0 Å². The Hall–Kier alpha value is -3.81. The number of rotatable bonds is 6. The van der Waals surface area contributed by atoms with Gasteiger partial charge in [0.05, 0.1) is 35.3 Å². The Balaban J connectivity index is 1.70. The monoisotopic (exact) mass is 397 g/mol. The largest absolute Gasteiger partial charge is 0.462 e. The molecular formula is C21H17F2N3O3. The molecule has 0 saturated heterocycles. The molecule has 0 unspecified atom stereocenters. The maximum Gasteiger partial charge on any atom is 0.338 e. The molecule has 0 atom stereocenters. The van der Waals surface area contributed by atoms with Crippen LogP contribution >= 0.6 is 0 Å². The van der Waals surface area contributed by atoms with Gasteiger partial charge in [0.25, 0.3) is 5.91 Å². The Morgan fingerprint density at radius 1 is 0.966 bits per heavy atom. The molecule has 6 nitrogen and oxygen atoms in total. The van der Waals surface area contributed by atoms with Crippen molar-refractivity contribution in [1.82, 2.24) is 4.98 Å². The van der Waals surface area contributed by atoms with Crippen LogP contribution in [0.3, 0.4) is 0 Å². The Labute approximate surface area is 165 Å². The van der Waals surface area contributed by atoms with Crippen molar-refractivity contribution in [1.29, 1.82) is 0 Å². The maximum absolute atomic E-state index is 13.8. The SMILES string of the molecule is CCOC(=O)c1ccc(NC(=O)c2cncc(Nc3ccc(F)cc3F)c2)cc1. The quantitative estimate of drug-likeness (QED) is 0.598. The fourth-order valence-electron chi connectivity index (χ4n) is 2.49. The highest BCUT2D eigenvalue weighted by atomic mass is 19.1. The van der Waals surface area contributed by atoms with E-state index in [1.165, 1.54) is 24.5 Å². The average Bonchev–Trinajstić information content (AvgIpc) is 2.71. The summed E-state index contributed by atoms with van der Waals surface area (Å²) in [5.74, 6) is -2.33. The molecule has 2 N–H and O–H groups in total. The van der Waals surface area contributed by atoms with Crippen LogP contribution in [0.15, 0.2) is 60.9 Å². The number of nitrogens with zero attached hydrogens (tertiary/aromatic N) is 1. The molecule has 0 aliphatic rings. The van der Waals surface area contributed by atoms with Gasteiger partial charge < -0.3 is 15.4 Å². The highest BCUT2D eigenvalue weighted by Crippen LogP contribution is 2.21. The summed E-state index contributed by atoms with van der Waals surface area (Å²) in [4.78, 5) is 28.1. The number of carbonyl (C=O) groups is 2. The number of pyridine rings is 1. The second-order valence-electron chi connectivity index (χ2n) is 5.96. The summed E-state index contributed by atoms with van der Waals surface area (Å²) in [6.07, 6.45) is 2.77. The van der Waals surface area contributed by atoms with E-state index in [0.29, 0.717) is 16.9 Å². The molecule has 0 bridgehead atoms. The van der Waals surface area contributed by atoms with E-state index in [1.807, 2.05) is 0 Å². The van der Waals surface area contributed by atoms with E-state index in [4.69, 9.17) is 4.74 Å². The van der Waals surface area contributed by atoms with Gasteiger partial charge in [-0.3, -0.25) is 9.78 Å². The van der Waals surface area contributed by atoms with Crippen LogP contribution in [0, 0.1) is 11.6 Å². The van der Waals surface area contributed by atoms with Crippen molar-refractivity contribution < 1.29 is 23.1 Å². The molecule has 0 aliphatic carbocycles. The second kappa shape index (κ2) is 8.92. The first-order valence-electron chi connectivity index (χ1n) is 8.72. The minimum absolute atomic E-state index is 0.0558. The van der Waals surface area contributed by atoms with Gasteiger partial charge in [-0.2, -0.15) is 0 Å². The van der Waals surface area contributed by atoms with Crippen LogP contribution in [0.5, 0.6) is 0 Å². The van der Waals surface area contributed by atoms with Gasteiger partial charge in [-0.25, -0.2) is 13.6 Å². The molecule has 3 aromatic rings. The lowest BCUT2D eigenvalue weighted by Gasteiger charge is -2.10. The van der Waals surface area contributed by atoms with Gasteiger partial charge >= 0.3 is 5.97 Å². The zero-order valence-electron chi connectivity index (χ0n) is 15.4. The molecule has 0 radical (unpaired) electrons. The highest BCUT2D eigenvalue weighted by Gasteiger charge is 2.11. The first-order chi connectivity index (χ1) is 14.0. The lowest BCUT2D eigenvalue weighted by Crippen LogP contribution is -2.13. The van der Waals surface area contributed by atoms with E-state index in [0.717, 1.165) is 12.1 Å². The maximum atomic E-state index is 13.8. The number of anilines is 3. The predicted octanol–water partition coefficient (Wildman–Crippen LogP) is 4.53. The smallest absolute Gasteiger partial charge is 0.338 e. The molecule has 29 heavy (non-hydrogen) atoms. The first kappa shape index (κ1) is 19.9. The fraction of sp³-hybridized carbons (Fsp3) is 0.0952. The number of ether oxygens (including phenoxy) is 1. The third-order valence-corrected chi connectivity index (χ3v) is 3.86. The van der Waals surface area contributed by atoms with Crippen molar-refractivity contribution in [3.8, 4) is 0 Å². The normalized spacial score (nSPS) is 10.3. The summed E-state index contributed by atoms with van der Waals surface area (Å²) in [6.45, 7) is 1.99. The molecule has 0 spiro atoms. The van der Waals surface area contributed by atoms with Crippen LogP contribution < -0.4 is 10.6 Å². The third kappa shape index (κ3) is 5.13. The van der Waals surface area contributed by atoms with Crippen molar-refractivity contribution in [2.75, 3.05) is 17.2 Å². The molecule has 3 rings (SSSR count). The van der Waals surface area contributed by atoms with E-state index in [-0.39, 0.29) is 17.9 Å². The first-order valence-corrected chi connectivity index (χ1v) is 8.72. The predicted molar refractivity (Wildman–Crippen MR) is 104 cm³/mol. The number of esters is 1. The van der Waals surface area contributed by atoms with Crippen LogP contribution in [0.25, 0.3) is 0 Å².